The molecule has 2 rings (SSSR count). The second kappa shape index (κ2) is 8.24. The molecule has 2 nitrogen and oxygen atoms in total. The third-order valence-corrected chi connectivity index (χ3v) is 8.38. The van der Waals surface area contributed by atoms with Gasteiger partial charge in [0.25, 0.3) is 0 Å². The van der Waals surface area contributed by atoms with Gasteiger partial charge in [0, 0.05) is 0 Å². The van der Waals surface area contributed by atoms with E-state index in [0.717, 1.165) is 31.6 Å². The van der Waals surface area contributed by atoms with Crippen LogP contribution in [0.4, 0.5) is 0 Å². The van der Waals surface area contributed by atoms with Crippen LogP contribution in [0.3, 0.4) is 0 Å². The van der Waals surface area contributed by atoms with E-state index in [1.165, 1.54) is 36.8 Å². The van der Waals surface area contributed by atoms with Gasteiger partial charge in [-0.1, -0.05) is 38.3 Å². The lowest BCUT2D eigenvalue weighted by atomic mass is 9.94. The van der Waals surface area contributed by atoms with Gasteiger partial charge in [0.05, 0.1) is 10.5 Å². The highest BCUT2D eigenvalue weighted by Crippen LogP contribution is 2.36. The van der Waals surface area contributed by atoms with Crippen LogP contribution in [0.2, 0.25) is 0 Å². The predicted octanol–water partition coefficient (Wildman–Crippen LogP) is 5.75. The molecule has 1 aliphatic rings. The maximum atomic E-state index is 12.1. The lowest BCUT2D eigenvalue weighted by molar-refractivity contribution is 0.552. The Hall–Kier alpha value is -0.830. The fourth-order valence-electron chi connectivity index (χ4n) is 3.98. The molecular formula is C22H36O2S. The predicted molar refractivity (Wildman–Crippen MR) is 108 cm³/mol. The summed E-state index contributed by atoms with van der Waals surface area (Å²) in [6, 6.07) is 4.82. The van der Waals surface area contributed by atoms with Crippen molar-refractivity contribution in [1.29, 1.82) is 0 Å². The zero-order valence-electron chi connectivity index (χ0n) is 16.8. The van der Waals surface area contributed by atoms with Crippen molar-refractivity contribution in [2.24, 2.45) is 0 Å². The summed E-state index contributed by atoms with van der Waals surface area (Å²) in [6.45, 7) is 9.99. The smallest absolute Gasteiger partial charge is 0.155 e. The molecule has 1 aliphatic carbocycles. The molecule has 1 aromatic rings. The van der Waals surface area contributed by atoms with Gasteiger partial charge < -0.3 is 0 Å². The van der Waals surface area contributed by atoms with E-state index in [0.29, 0.717) is 5.75 Å². The quantitative estimate of drug-likeness (QED) is 0.550. The van der Waals surface area contributed by atoms with Crippen molar-refractivity contribution in [3.05, 3.63) is 34.4 Å². The van der Waals surface area contributed by atoms with Crippen LogP contribution < -0.4 is 0 Å². The van der Waals surface area contributed by atoms with Gasteiger partial charge in [0.15, 0.2) is 9.84 Å². The third kappa shape index (κ3) is 5.32. The van der Waals surface area contributed by atoms with Gasteiger partial charge in [-0.15, -0.1) is 0 Å². The molecule has 0 fully saturated rings. The molecule has 0 aromatic heterocycles. The van der Waals surface area contributed by atoms with Crippen LogP contribution in [-0.2, 0) is 22.7 Å². The van der Waals surface area contributed by atoms with Gasteiger partial charge in [-0.25, -0.2) is 8.42 Å². The number of unbranched alkanes of at least 4 members (excludes halogenated alkanes) is 4. The summed E-state index contributed by atoms with van der Waals surface area (Å²) < 4.78 is 23.5. The Bertz CT molecular complexity index is 681. The molecule has 25 heavy (non-hydrogen) atoms. The SMILES string of the molecule is Cc1cc(CCCCCCCS(=O)(=O)C(C)(C)C)cc2c1C(C)CC2. The van der Waals surface area contributed by atoms with Crippen LogP contribution in [0.15, 0.2) is 12.1 Å². The van der Waals surface area contributed by atoms with E-state index >= 15 is 0 Å². The zero-order chi connectivity index (χ0) is 18.7. The molecule has 142 valence electrons. The van der Waals surface area contributed by atoms with E-state index in [2.05, 4.69) is 26.0 Å². The summed E-state index contributed by atoms with van der Waals surface area (Å²) in [5.74, 6) is 1.06. The number of hydrogen-bond donors (Lipinski definition) is 0. The van der Waals surface area contributed by atoms with E-state index < -0.39 is 14.6 Å². The highest BCUT2D eigenvalue weighted by molar-refractivity contribution is 7.92. The summed E-state index contributed by atoms with van der Waals surface area (Å²) >= 11 is 0. The molecule has 1 atom stereocenters. The van der Waals surface area contributed by atoms with Gasteiger partial charge >= 0.3 is 0 Å². The third-order valence-electron chi connectivity index (χ3n) is 5.68. The Balaban J connectivity index is 1.68. The molecule has 0 saturated carbocycles. The molecular weight excluding hydrogens is 328 g/mol. The average molecular weight is 365 g/mol. The highest BCUT2D eigenvalue weighted by Gasteiger charge is 2.27. The lowest BCUT2D eigenvalue weighted by Gasteiger charge is -2.18. The minimum atomic E-state index is -2.95. The van der Waals surface area contributed by atoms with E-state index in [1.807, 2.05) is 0 Å². The Morgan fingerprint density at radius 1 is 1.04 bits per heavy atom. The fourth-order valence-corrected chi connectivity index (χ4v) is 5.18. The first-order valence-electron chi connectivity index (χ1n) is 9.96. The highest BCUT2D eigenvalue weighted by atomic mass is 32.2. The summed E-state index contributed by atoms with van der Waals surface area (Å²) in [7, 11) is -2.95. The number of hydrogen-bond acceptors (Lipinski definition) is 2. The van der Waals surface area contributed by atoms with Crippen LogP contribution in [0.5, 0.6) is 0 Å². The molecule has 3 heteroatoms. The molecule has 0 bridgehead atoms. The van der Waals surface area contributed by atoms with Crippen molar-refractivity contribution in [1.82, 2.24) is 0 Å². The molecule has 0 heterocycles. The molecule has 0 amide bonds. The second-order valence-electron chi connectivity index (χ2n) is 8.87. The van der Waals surface area contributed by atoms with Crippen LogP contribution >= 0.6 is 0 Å². The average Bonchev–Trinajstić information content (AvgIpc) is 2.87. The van der Waals surface area contributed by atoms with Crippen LogP contribution in [0, 0.1) is 6.92 Å². The van der Waals surface area contributed by atoms with E-state index in [-0.39, 0.29) is 0 Å². The monoisotopic (exact) mass is 364 g/mol. The number of aryl methyl sites for hydroxylation is 3. The topological polar surface area (TPSA) is 34.1 Å². The first-order valence-corrected chi connectivity index (χ1v) is 11.6. The summed E-state index contributed by atoms with van der Waals surface area (Å²) in [4.78, 5) is 0. The maximum absolute atomic E-state index is 12.1. The van der Waals surface area contributed by atoms with Crippen molar-refractivity contribution in [3.8, 4) is 0 Å². The van der Waals surface area contributed by atoms with Crippen molar-refractivity contribution in [3.63, 3.8) is 0 Å². The number of fused-ring (bicyclic) bond motifs is 1. The normalized spacial score (nSPS) is 17.7. The first-order chi connectivity index (χ1) is 11.6. The van der Waals surface area contributed by atoms with Crippen LogP contribution in [0.1, 0.15) is 94.4 Å². The van der Waals surface area contributed by atoms with Crippen molar-refractivity contribution in [2.45, 2.75) is 96.7 Å². The molecule has 1 unspecified atom stereocenters. The minimum absolute atomic E-state index is 0.332. The van der Waals surface area contributed by atoms with Gasteiger partial charge in [-0.3, -0.25) is 0 Å². The molecule has 0 N–H and O–H groups in total. The van der Waals surface area contributed by atoms with Crippen LogP contribution in [-0.4, -0.2) is 18.9 Å². The Kier molecular flexibility index (Phi) is 6.75. The van der Waals surface area contributed by atoms with E-state index in [1.54, 1.807) is 31.9 Å². The second-order valence-corrected chi connectivity index (χ2v) is 11.7. The minimum Gasteiger partial charge on any atom is -0.228 e. The molecule has 0 radical (unpaired) electrons. The van der Waals surface area contributed by atoms with Crippen molar-refractivity contribution in [2.75, 3.05) is 5.75 Å². The van der Waals surface area contributed by atoms with Gasteiger partial charge in [-0.05, 0) is 88.0 Å². The summed E-state index contributed by atoms with van der Waals surface area (Å²) in [6.07, 6.45) is 9.07. The Morgan fingerprint density at radius 3 is 2.36 bits per heavy atom. The van der Waals surface area contributed by atoms with E-state index in [4.69, 9.17) is 0 Å². The summed E-state index contributed by atoms with van der Waals surface area (Å²) in [5.41, 5.74) is 6.14. The molecule has 0 spiro atoms. The number of sulfone groups is 1. The largest absolute Gasteiger partial charge is 0.228 e. The standard InChI is InChI=1S/C22H36O2S/c1-17-12-13-20-16-19(15-18(2)21(17)20)11-9-7-6-8-10-14-25(23,24)22(3,4)5/h15-17H,6-14H2,1-5H3. The Morgan fingerprint density at radius 2 is 1.68 bits per heavy atom. The summed E-state index contributed by atoms with van der Waals surface area (Å²) in [5, 5.41) is 0. The number of rotatable bonds is 8. The van der Waals surface area contributed by atoms with Crippen LogP contribution in [0.25, 0.3) is 0 Å². The molecule has 0 aliphatic heterocycles. The van der Waals surface area contributed by atoms with Crippen molar-refractivity contribution >= 4 is 9.84 Å². The van der Waals surface area contributed by atoms with Gasteiger partial charge in [-0.2, -0.15) is 0 Å². The lowest BCUT2D eigenvalue weighted by Crippen LogP contribution is -2.30. The zero-order valence-corrected chi connectivity index (χ0v) is 17.6. The fraction of sp³-hybridized carbons (Fsp3) is 0.727. The first kappa shape index (κ1) is 20.5. The molecule has 0 saturated heterocycles. The van der Waals surface area contributed by atoms with Gasteiger partial charge in [0.2, 0.25) is 0 Å². The maximum Gasteiger partial charge on any atom is 0.155 e. The van der Waals surface area contributed by atoms with E-state index in [9.17, 15) is 8.42 Å². The Labute approximate surface area is 155 Å². The van der Waals surface area contributed by atoms with Crippen molar-refractivity contribution < 1.29 is 8.42 Å². The van der Waals surface area contributed by atoms with Gasteiger partial charge in [0.1, 0.15) is 0 Å². The number of benzene rings is 1. The molecule has 1 aromatic carbocycles.